The molecule has 0 saturated heterocycles. The number of carbonyl (C=O) groups excluding carboxylic acids is 2. The van der Waals surface area contributed by atoms with Gasteiger partial charge in [0.1, 0.15) is 17.3 Å². The summed E-state index contributed by atoms with van der Waals surface area (Å²) in [6, 6.07) is 14.3. The summed E-state index contributed by atoms with van der Waals surface area (Å²) in [7, 11) is 1.61. The largest absolute Gasteiger partial charge is 0.497 e. The van der Waals surface area contributed by atoms with Crippen LogP contribution in [0.5, 0.6) is 11.5 Å². The number of benzene rings is 2. The fourth-order valence-corrected chi connectivity index (χ4v) is 3.34. The van der Waals surface area contributed by atoms with Crippen LogP contribution in [-0.4, -0.2) is 37.1 Å². The molecular weight excluding hydrogens is 346 g/mol. The van der Waals surface area contributed by atoms with Crippen LogP contribution in [0.4, 0.5) is 5.69 Å². The lowest BCUT2D eigenvalue weighted by molar-refractivity contribution is -0.141. The van der Waals surface area contributed by atoms with Crippen LogP contribution in [0.15, 0.2) is 48.5 Å². The van der Waals surface area contributed by atoms with Crippen LogP contribution < -0.4 is 14.4 Å². The maximum Gasteiger partial charge on any atom is 0.264 e. The Hall–Kier alpha value is -2.86. The van der Waals surface area contributed by atoms with Gasteiger partial charge in [0.15, 0.2) is 5.60 Å². The number of hydrogen-bond donors (Lipinski definition) is 1. The van der Waals surface area contributed by atoms with Crippen molar-refractivity contribution in [3.05, 3.63) is 54.1 Å². The number of amides is 1. The van der Waals surface area contributed by atoms with Gasteiger partial charge in [0.2, 0.25) is 0 Å². The molecule has 0 radical (unpaired) electrons. The first-order chi connectivity index (χ1) is 13.0. The summed E-state index contributed by atoms with van der Waals surface area (Å²) in [6.45, 7) is 2.19. The smallest absolute Gasteiger partial charge is 0.264 e. The van der Waals surface area contributed by atoms with Gasteiger partial charge in [-0.3, -0.25) is 9.59 Å². The highest BCUT2D eigenvalue weighted by Gasteiger charge is 2.49. The average Bonchev–Trinajstić information content (AvgIpc) is 2.87. The highest BCUT2D eigenvalue weighted by molar-refractivity contribution is 6.08. The van der Waals surface area contributed by atoms with Crippen molar-refractivity contribution in [2.75, 3.05) is 25.2 Å². The highest BCUT2D eigenvalue weighted by atomic mass is 16.5. The molecule has 1 N–H and O–H groups in total. The number of anilines is 1. The number of aliphatic hydroxyl groups is 1. The average molecular weight is 369 g/mol. The number of fused-ring (bicyclic) bond motifs is 1. The van der Waals surface area contributed by atoms with Gasteiger partial charge in [0, 0.05) is 18.5 Å². The van der Waals surface area contributed by atoms with Crippen LogP contribution >= 0.6 is 0 Å². The Morgan fingerprint density at radius 2 is 1.78 bits per heavy atom. The number of carbonyl (C=O) groups is 2. The summed E-state index contributed by atoms with van der Waals surface area (Å²) in [5.41, 5.74) is -0.642. The van der Waals surface area contributed by atoms with Crippen molar-refractivity contribution in [2.24, 2.45) is 0 Å². The van der Waals surface area contributed by atoms with Gasteiger partial charge in [0.25, 0.3) is 5.91 Å². The zero-order valence-corrected chi connectivity index (χ0v) is 15.5. The zero-order valence-electron chi connectivity index (χ0n) is 15.5. The molecule has 6 nitrogen and oxygen atoms in total. The summed E-state index contributed by atoms with van der Waals surface area (Å²) < 4.78 is 10.8. The number of nitrogens with zero attached hydrogens (tertiary/aromatic N) is 1. The monoisotopic (exact) mass is 369 g/mol. The Morgan fingerprint density at radius 3 is 2.44 bits per heavy atom. The number of ether oxygens (including phenoxy) is 2. The van der Waals surface area contributed by atoms with E-state index in [1.165, 1.54) is 11.8 Å². The van der Waals surface area contributed by atoms with Crippen LogP contribution in [0.3, 0.4) is 0 Å². The minimum atomic E-state index is -1.78. The molecule has 3 rings (SSSR count). The van der Waals surface area contributed by atoms with Gasteiger partial charge in [-0.05, 0) is 43.7 Å². The first kappa shape index (κ1) is 18.9. The Morgan fingerprint density at radius 1 is 1.11 bits per heavy atom. The van der Waals surface area contributed by atoms with Crippen molar-refractivity contribution < 1.29 is 24.2 Å². The van der Waals surface area contributed by atoms with Crippen LogP contribution in [0, 0.1) is 0 Å². The first-order valence-corrected chi connectivity index (χ1v) is 8.86. The lowest BCUT2D eigenvalue weighted by atomic mass is 9.90. The van der Waals surface area contributed by atoms with E-state index in [1.54, 1.807) is 25.3 Å². The minimum Gasteiger partial charge on any atom is -0.497 e. The third-order valence-corrected chi connectivity index (χ3v) is 4.60. The molecule has 142 valence electrons. The topological polar surface area (TPSA) is 76.1 Å². The number of ketones is 1. The molecular formula is C21H23NO5. The summed E-state index contributed by atoms with van der Waals surface area (Å²) in [5.74, 6) is 0.789. The maximum atomic E-state index is 12.8. The maximum absolute atomic E-state index is 12.8. The van der Waals surface area contributed by atoms with Crippen molar-refractivity contribution >= 4 is 17.4 Å². The molecule has 0 bridgehead atoms. The van der Waals surface area contributed by atoms with Gasteiger partial charge < -0.3 is 19.5 Å². The fraction of sp³-hybridized carbons (Fsp3) is 0.333. The van der Waals surface area contributed by atoms with Crippen molar-refractivity contribution in [1.29, 1.82) is 0 Å². The van der Waals surface area contributed by atoms with Crippen molar-refractivity contribution in [3.63, 3.8) is 0 Å². The Labute approximate surface area is 158 Å². The lowest BCUT2D eigenvalue weighted by Gasteiger charge is -2.22. The van der Waals surface area contributed by atoms with Crippen LogP contribution in [0.1, 0.15) is 25.3 Å². The van der Waals surface area contributed by atoms with E-state index < -0.39 is 11.5 Å². The molecule has 1 atom stereocenters. The second kappa shape index (κ2) is 7.80. The molecule has 0 aromatic heterocycles. The molecule has 1 aliphatic rings. The van der Waals surface area contributed by atoms with E-state index in [0.717, 1.165) is 11.5 Å². The van der Waals surface area contributed by atoms with Crippen LogP contribution in [-0.2, 0) is 15.2 Å². The van der Waals surface area contributed by atoms with E-state index in [4.69, 9.17) is 9.47 Å². The molecule has 0 aliphatic carbocycles. The number of hydrogen-bond acceptors (Lipinski definition) is 5. The summed E-state index contributed by atoms with van der Waals surface area (Å²) in [6.07, 6.45) is 0.365. The Bertz CT molecular complexity index is 833. The van der Waals surface area contributed by atoms with E-state index in [1.807, 2.05) is 30.3 Å². The molecule has 27 heavy (non-hydrogen) atoms. The molecule has 6 heteroatoms. The Balaban J connectivity index is 1.64. The second-order valence-corrected chi connectivity index (χ2v) is 6.59. The highest BCUT2D eigenvalue weighted by Crippen LogP contribution is 2.42. The molecule has 0 saturated carbocycles. The minimum absolute atomic E-state index is 0.221. The van der Waals surface area contributed by atoms with Gasteiger partial charge in [-0.1, -0.05) is 18.2 Å². The first-order valence-electron chi connectivity index (χ1n) is 8.86. The van der Waals surface area contributed by atoms with Crippen molar-refractivity contribution in [2.45, 2.75) is 25.4 Å². The number of para-hydroxylation sites is 1. The zero-order chi connectivity index (χ0) is 19.4. The van der Waals surface area contributed by atoms with Crippen LogP contribution in [0.2, 0.25) is 0 Å². The molecule has 2 aromatic carbocycles. The molecule has 1 aliphatic heterocycles. The molecule has 0 fully saturated rings. The van der Waals surface area contributed by atoms with E-state index in [0.29, 0.717) is 30.8 Å². The molecule has 2 aromatic rings. The van der Waals surface area contributed by atoms with Crippen molar-refractivity contribution in [1.82, 2.24) is 0 Å². The normalized spacial score (nSPS) is 18.3. The molecule has 0 spiro atoms. The van der Waals surface area contributed by atoms with Gasteiger partial charge in [-0.15, -0.1) is 0 Å². The molecule has 1 heterocycles. The lowest BCUT2D eigenvalue weighted by Crippen LogP contribution is -2.42. The summed E-state index contributed by atoms with van der Waals surface area (Å²) in [5, 5.41) is 10.9. The van der Waals surface area contributed by atoms with Gasteiger partial charge in [-0.25, -0.2) is 0 Å². The van der Waals surface area contributed by atoms with Crippen LogP contribution in [0.25, 0.3) is 0 Å². The molecule has 1 amide bonds. The molecule has 0 unspecified atom stereocenters. The third-order valence-electron chi connectivity index (χ3n) is 4.60. The summed E-state index contributed by atoms with van der Waals surface area (Å²) >= 11 is 0. The van der Waals surface area contributed by atoms with Gasteiger partial charge in [-0.2, -0.15) is 0 Å². The predicted octanol–water partition coefficient (Wildman–Crippen LogP) is 2.68. The van der Waals surface area contributed by atoms with E-state index in [2.05, 4.69) is 0 Å². The van der Waals surface area contributed by atoms with Crippen molar-refractivity contribution in [3.8, 4) is 11.5 Å². The summed E-state index contributed by atoms with van der Waals surface area (Å²) in [4.78, 5) is 25.9. The number of methoxy groups -OCH3 is 1. The Kier molecular flexibility index (Phi) is 5.46. The van der Waals surface area contributed by atoms with E-state index >= 15 is 0 Å². The van der Waals surface area contributed by atoms with E-state index in [9.17, 15) is 14.7 Å². The fourth-order valence-electron chi connectivity index (χ4n) is 3.34. The standard InChI is InChI=1S/C21H23NO5/c1-15(23)14-21(25)18-6-3-4-7-19(18)22(20(21)24)12-5-13-27-17-10-8-16(26-2)9-11-17/h3-4,6-11,25H,5,12-14H2,1-2H3/t21-/m1/s1. The predicted molar refractivity (Wildman–Crippen MR) is 101 cm³/mol. The third kappa shape index (κ3) is 3.80. The SMILES string of the molecule is COc1ccc(OCCCN2C(=O)[C@@](O)(CC(C)=O)c3ccccc32)cc1. The number of rotatable bonds is 8. The van der Waals surface area contributed by atoms with E-state index in [-0.39, 0.29) is 12.2 Å². The number of Topliss-reactive ketones (excluding diaryl/α,β-unsaturated/α-hetero) is 1. The quantitative estimate of drug-likeness (QED) is 0.724. The van der Waals surface area contributed by atoms with Gasteiger partial charge >= 0.3 is 0 Å². The van der Waals surface area contributed by atoms with Gasteiger partial charge in [0.05, 0.1) is 19.4 Å². The second-order valence-electron chi connectivity index (χ2n) is 6.59.